The van der Waals surface area contributed by atoms with Gasteiger partial charge in [0, 0.05) is 4.75 Å². The van der Waals surface area contributed by atoms with Crippen molar-refractivity contribution in [2.24, 2.45) is 0 Å². The van der Waals surface area contributed by atoms with Gasteiger partial charge in [0.25, 0.3) is 0 Å². The molecule has 2 amide bonds. The fourth-order valence-corrected chi connectivity index (χ4v) is 6.48. The molecule has 0 aliphatic carbocycles. The molecule has 0 spiro atoms. The molecule has 1 aromatic heterocycles. The van der Waals surface area contributed by atoms with Crippen molar-refractivity contribution >= 4 is 58.7 Å². The lowest BCUT2D eigenvalue weighted by Crippen LogP contribution is -2.71. The number of carboxylic acid groups (broad SMARTS) is 1. The van der Waals surface area contributed by atoms with Gasteiger partial charge in [0.15, 0.2) is 0 Å². The molecule has 2 aromatic carbocycles. The average Bonchev–Trinajstić information content (AvgIpc) is 3.15. The predicted molar refractivity (Wildman–Crippen MR) is 145 cm³/mol. The third-order valence-electron chi connectivity index (χ3n) is 6.27. The van der Waals surface area contributed by atoms with E-state index in [0.29, 0.717) is 16.3 Å². The van der Waals surface area contributed by atoms with Crippen LogP contribution in [0.25, 0.3) is 0 Å². The van der Waals surface area contributed by atoms with Crippen LogP contribution in [0.4, 0.5) is 5.95 Å². The molecule has 3 heterocycles. The zero-order chi connectivity index (χ0) is 27.9. The molecule has 14 heteroatoms. The number of β-lactam (4-membered cyclic amide) rings is 1. The smallest absolute Gasteiger partial charge is 0.328 e. The number of carbonyl (C=O) groups is 3. The number of para-hydroxylation sites is 1. The largest absolute Gasteiger partial charge is 0.480 e. The van der Waals surface area contributed by atoms with Crippen LogP contribution in [0.1, 0.15) is 25.5 Å². The van der Waals surface area contributed by atoms with E-state index in [1.54, 1.807) is 68.4 Å². The Balaban J connectivity index is 1.38. The lowest BCUT2D eigenvalue weighted by molar-refractivity contribution is -0.161. The number of fused-ring (bicyclic) bond motifs is 1. The first kappa shape index (κ1) is 27.0. The van der Waals surface area contributed by atoms with E-state index in [1.807, 2.05) is 0 Å². The Morgan fingerprint density at radius 2 is 1.77 bits per heavy atom. The van der Waals surface area contributed by atoms with Crippen molar-refractivity contribution in [3.63, 3.8) is 0 Å². The van der Waals surface area contributed by atoms with Gasteiger partial charge < -0.3 is 25.4 Å². The molecular formula is C25H22Cl2N6O5S. The molecule has 2 aliphatic heterocycles. The van der Waals surface area contributed by atoms with E-state index in [9.17, 15) is 19.5 Å². The van der Waals surface area contributed by atoms with E-state index >= 15 is 0 Å². The van der Waals surface area contributed by atoms with Gasteiger partial charge in [-0.2, -0.15) is 15.0 Å². The number of nitrogens with zero attached hydrogens (tertiary/aromatic N) is 4. The highest BCUT2D eigenvalue weighted by Crippen LogP contribution is 2.50. The Bertz CT molecular complexity index is 1450. The highest BCUT2D eigenvalue weighted by molar-refractivity contribution is 8.01. The SMILES string of the molecule is CC1(C)S[C@@H]2[C@H](NC(=O)C(Nc3nc(Cl)nc(Oc4ccccc4Cl)n3)c3ccccc3)C(=O)N2[C@H]1C(=O)O. The minimum absolute atomic E-state index is 0.0510. The summed E-state index contributed by atoms with van der Waals surface area (Å²) in [5.41, 5.74) is 0.562. The fraction of sp³-hybridized carbons (Fsp3) is 0.280. The number of rotatable bonds is 8. The number of aromatic nitrogens is 3. The van der Waals surface area contributed by atoms with Crippen molar-refractivity contribution in [1.29, 1.82) is 0 Å². The quantitative estimate of drug-likeness (QED) is 0.332. The molecule has 3 aromatic rings. The number of thioether (sulfide) groups is 1. The molecule has 2 fully saturated rings. The fourth-order valence-electron chi connectivity index (χ4n) is 4.52. The summed E-state index contributed by atoms with van der Waals surface area (Å²) in [6.07, 6.45) is 0. The molecule has 2 aliphatic rings. The molecule has 1 unspecified atom stereocenters. The van der Waals surface area contributed by atoms with E-state index in [1.165, 1.54) is 16.7 Å². The topological polar surface area (TPSA) is 147 Å². The summed E-state index contributed by atoms with van der Waals surface area (Å²) >= 11 is 13.6. The summed E-state index contributed by atoms with van der Waals surface area (Å²) in [5.74, 6) is -1.83. The summed E-state index contributed by atoms with van der Waals surface area (Å²) in [4.78, 5) is 51.9. The predicted octanol–water partition coefficient (Wildman–Crippen LogP) is 3.76. The van der Waals surface area contributed by atoms with Crippen molar-refractivity contribution in [3.05, 3.63) is 70.5 Å². The standard InChI is InChI=1S/C25H22Cl2N6O5S/c1-25(2)17(21(36)37)33-19(35)16(20(33)39-25)28-18(34)15(12-8-4-3-5-9-12)29-23-30-22(27)31-24(32-23)38-14-11-7-6-10-13(14)26/h3-11,15-17,20H,1-2H3,(H,28,34)(H,36,37)(H,29,30,31,32)/t15?,16-,17+,20-/m1/s1. The number of amides is 2. The number of aliphatic carboxylic acids is 1. The molecule has 202 valence electrons. The van der Waals surface area contributed by atoms with Gasteiger partial charge in [-0.15, -0.1) is 11.8 Å². The van der Waals surface area contributed by atoms with Gasteiger partial charge in [0.2, 0.25) is 23.0 Å². The summed E-state index contributed by atoms with van der Waals surface area (Å²) in [6, 6.07) is 12.4. The van der Waals surface area contributed by atoms with Crippen LogP contribution in [0.5, 0.6) is 11.8 Å². The second-order valence-electron chi connectivity index (χ2n) is 9.32. The Morgan fingerprint density at radius 3 is 2.46 bits per heavy atom. The van der Waals surface area contributed by atoms with Gasteiger partial charge in [-0.1, -0.05) is 54.1 Å². The van der Waals surface area contributed by atoms with Gasteiger partial charge >= 0.3 is 12.0 Å². The maximum Gasteiger partial charge on any atom is 0.328 e. The maximum absolute atomic E-state index is 13.5. The number of nitrogens with one attached hydrogen (secondary N) is 2. The highest BCUT2D eigenvalue weighted by atomic mass is 35.5. The van der Waals surface area contributed by atoms with E-state index in [4.69, 9.17) is 27.9 Å². The average molecular weight is 589 g/mol. The Morgan fingerprint density at radius 1 is 1.08 bits per heavy atom. The van der Waals surface area contributed by atoms with E-state index in [0.717, 1.165) is 0 Å². The van der Waals surface area contributed by atoms with Crippen LogP contribution in [0.3, 0.4) is 0 Å². The first-order valence-corrected chi connectivity index (χ1v) is 13.4. The summed E-state index contributed by atoms with van der Waals surface area (Å²) in [6.45, 7) is 3.53. The third-order valence-corrected chi connectivity index (χ3v) is 8.32. The van der Waals surface area contributed by atoms with Crippen molar-refractivity contribution in [2.45, 2.75) is 42.1 Å². The number of hydrogen-bond acceptors (Lipinski definition) is 9. The first-order valence-electron chi connectivity index (χ1n) is 11.7. The van der Waals surface area contributed by atoms with Gasteiger partial charge in [0.05, 0.1) is 5.02 Å². The van der Waals surface area contributed by atoms with Crippen molar-refractivity contribution in [1.82, 2.24) is 25.2 Å². The van der Waals surface area contributed by atoms with Gasteiger partial charge in [-0.3, -0.25) is 9.59 Å². The lowest BCUT2D eigenvalue weighted by atomic mass is 9.95. The second kappa shape index (κ2) is 10.5. The van der Waals surface area contributed by atoms with Crippen LogP contribution < -0.4 is 15.4 Å². The molecule has 0 radical (unpaired) electrons. The zero-order valence-electron chi connectivity index (χ0n) is 20.5. The minimum Gasteiger partial charge on any atom is -0.480 e. The molecule has 2 saturated heterocycles. The number of ether oxygens (including phenoxy) is 1. The first-order chi connectivity index (χ1) is 18.5. The van der Waals surface area contributed by atoms with E-state index in [-0.39, 0.29) is 17.2 Å². The highest BCUT2D eigenvalue weighted by Gasteiger charge is 2.64. The second-order valence-corrected chi connectivity index (χ2v) is 11.8. The Kier molecular flexibility index (Phi) is 7.27. The van der Waals surface area contributed by atoms with Crippen LogP contribution in [0.2, 0.25) is 10.3 Å². The molecule has 3 N–H and O–H groups in total. The van der Waals surface area contributed by atoms with Gasteiger partial charge in [0.1, 0.15) is 29.2 Å². The summed E-state index contributed by atoms with van der Waals surface area (Å²) in [7, 11) is 0. The van der Waals surface area contributed by atoms with Crippen LogP contribution in [-0.2, 0) is 14.4 Å². The molecular weight excluding hydrogens is 567 g/mol. The van der Waals surface area contributed by atoms with Crippen molar-refractivity contribution < 1.29 is 24.2 Å². The molecule has 5 rings (SSSR count). The lowest BCUT2D eigenvalue weighted by Gasteiger charge is -2.44. The normalized spacial score (nSPS) is 21.9. The van der Waals surface area contributed by atoms with Crippen LogP contribution in [0, 0.1) is 0 Å². The number of carboxylic acids is 1. The van der Waals surface area contributed by atoms with Crippen LogP contribution in [0.15, 0.2) is 54.6 Å². The van der Waals surface area contributed by atoms with Gasteiger partial charge in [-0.25, -0.2) is 4.79 Å². The van der Waals surface area contributed by atoms with Crippen molar-refractivity contribution in [3.8, 4) is 11.8 Å². The molecule has 0 bridgehead atoms. The minimum atomic E-state index is -1.08. The summed E-state index contributed by atoms with van der Waals surface area (Å²) in [5, 5.41) is 15.0. The number of carbonyl (C=O) groups excluding carboxylic acids is 2. The number of halogens is 2. The Hall–Kier alpha value is -3.61. The molecule has 0 saturated carbocycles. The third kappa shape index (κ3) is 5.32. The van der Waals surface area contributed by atoms with Crippen molar-refractivity contribution in [2.75, 3.05) is 5.32 Å². The number of benzene rings is 2. The van der Waals surface area contributed by atoms with Gasteiger partial charge in [-0.05, 0) is 43.1 Å². The number of anilines is 1. The summed E-state index contributed by atoms with van der Waals surface area (Å²) < 4.78 is 4.94. The number of hydrogen-bond donors (Lipinski definition) is 3. The van der Waals surface area contributed by atoms with Crippen LogP contribution in [-0.4, -0.2) is 64.9 Å². The van der Waals surface area contributed by atoms with E-state index < -0.39 is 46.0 Å². The maximum atomic E-state index is 13.5. The zero-order valence-corrected chi connectivity index (χ0v) is 22.9. The molecule has 39 heavy (non-hydrogen) atoms. The van der Waals surface area contributed by atoms with Crippen LogP contribution >= 0.6 is 35.0 Å². The molecule has 4 atom stereocenters. The Labute approximate surface area is 237 Å². The van der Waals surface area contributed by atoms with E-state index in [2.05, 4.69) is 25.6 Å². The molecule has 11 nitrogen and oxygen atoms in total. The monoisotopic (exact) mass is 588 g/mol.